The summed E-state index contributed by atoms with van der Waals surface area (Å²) < 4.78 is 44.2. The van der Waals surface area contributed by atoms with Crippen molar-refractivity contribution in [3.8, 4) is 0 Å². The highest BCUT2D eigenvalue weighted by Gasteiger charge is 2.47. The zero-order chi connectivity index (χ0) is 18.6. The Balaban J connectivity index is 4.62. The van der Waals surface area contributed by atoms with Crippen LogP contribution in [0.5, 0.6) is 0 Å². The molecule has 25 heavy (non-hydrogen) atoms. The van der Waals surface area contributed by atoms with Crippen LogP contribution in [0.4, 0.5) is 0 Å². The molecule has 0 radical (unpaired) electrons. The number of ether oxygens (including phenoxy) is 4. The van der Waals surface area contributed by atoms with Gasteiger partial charge in [0.25, 0.3) is 0 Å². The second-order valence-electron chi connectivity index (χ2n) is 5.18. The highest BCUT2D eigenvalue weighted by atomic mass is 28.4. The summed E-state index contributed by atoms with van der Waals surface area (Å²) in [6.07, 6.45) is 3.55. The molecule has 0 N–H and O–H groups in total. The lowest BCUT2D eigenvalue weighted by atomic mass is 10.5. The van der Waals surface area contributed by atoms with E-state index in [4.69, 9.17) is 36.7 Å². The average molecular weight is 385 g/mol. The van der Waals surface area contributed by atoms with E-state index < -0.39 is 9.05 Å². The fourth-order valence-electron chi connectivity index (χ4n) is 1.52. The second-order valence-corrected chi connectivity index (χ2v) is 7.34. The van der Waals surface area contributed by atoms with Gasteiger partial charge in [0.05, 0.1) is 0 Å². The first-order valence-electron chi connectivity index (χ1n) is 9.11. The zero-order valence-electron chi connectivity index (χ0n) is 16.3. The first-order chi connectivity index (χ1) is 12.2. The van der Waals surface area contributed by atoms with Crippen LogP contribution < -0.4 is 0 Å². The van der Waals surface area contributed by atoms with Gasteiger partial charge >= 0.3 is 9.05 Å². The van der Waals surface area contributed by atoms with E-state index in [1.807, 2.05) is 27.7 Å². The third-order valence-electron chi connectivity index (χ3n) is 2.67. The maximum Gasteiger partial charge on any atom is 0.686 e. The van der Waals surface area contributed by atoms with Gasteiger partial charge in [-0.1, -0.05) is 27.7 Å². The minimum absolute atomic E-state index is 0.00932. The first kappa shape index (κ1) is 24.9. The molecular formula is C16H36O8Si. The Kier molecular flexibility index (Phi) is 18.6. The van der Waals surface area contributed by atoms with Gasteiger partial charge in [-0.15, -0.1) is 0 Å². The molecule has 0 aromatic heterocycles. The molecule has 0 aromatic rings. The summed E-state index contributed by atoms with van der Waals surface area (Å²) in [7, 11) is -3.50. The van der Waals surface area contributed by atoms with Crippen LogP contribution in [-0.4, -0.2) is 62.6 Å². The van der Waals surface area contributed by atoms with Crippen LogP contribution in [0.15, 0.2) is 0 Å². The van der Waals surface area contributed by atoms with Gasteiger partial charge in [-0.3, -0.25) is 0 Å². The summed E-state index contributed by atoms with van der Waals surface area (Å²) in [5.41, 5.74) is 0. The van der Waals surface area contributed by atoms with E-state index in [2.05, 4.69) is 0 Å². The third-order valence-corrected chi connectivity index (χ3v) is 4.56. The minimum Gasteiger partial charge on any atom is -0.356 e. The number of rotatable bonds is 20. The molecule has 0 aliphatic carbocycles. The quantitative estimate of drug-likeness (QED) is 0.180. The smallest absolute Gasteiger partial charge is 0.356 e. The van der Waals surface area contributed by atoms with Gasteiger partial charge in [0.1, 0.15) is 27.2 Å². The average Bonchev–Trinajstić information content (AvgIpc) is 2.63. The molecule has 0 aliphatic heterocycles. The molecule has 0 heterocycles. The topological polar surface area (TPSA) is 73.8 Å². The predicted octanol–water partition coefficient (Wildman–Crippen LogP) is 3.02. The number of hydrogen-bond donors (Lipinski definition) is 0. The van der Waals surface area contributed by atoms with Gasteiger partial charge in [-0.05, 0) is 25.7 Å². The van der Waals surface area contributed by atoms with Gasteiger partial charge < -0.3 is 36.7 Å². The summed E-state index contributed by atoms with van der Waals surface area (Å²) in [6.45, 7) is 10.4. The van der Waals surface area contributed by atoms with Gasteiger partial charge in [0.15, 0.2) is 0 Å². The van der Waals surface area contributed by atoms with Crippen molar-refractivity contribution >= 4 is 9.05 Å². The Morgan fingerprint density at radius 3 is 0.880 bits per heavy atom. The molecule has 0 unspecified atom stereocenters. The summed E-state index contributed by atoms with van der Waals surface area (Å²) in [5.74, 6) is 0. The van der Waals surface area contributed by atoms with Crippen molar-refractivity contribution in [1.29, 1.82) is 0 Å². The van der Waals surface area contributed by atoms with E-state index in [1.165, 1.54) is 0 Å². The molecule has 0 rings (SSSR count). The van der Waals surface area contributed by atoms with Crippen molar-refractivity contribution in [2.75, 3.05) is 53.6 Å². The summed E-state index contributed by atoms with van der Waals surface area (Å²) in [6, 6.07) is 0. The van der Waals surface area contributed by atoms with Gasteiger partial charge in [0.2, 0.25) is 0 Å². The Morgan fingerprint density at radius 2 is 0.680 bits per heavy atom. The molecule has 0 bridgehead atoms. The Labute approximate surface area is 153 Å². The molecule has 0 atom stereocenters. The van der Waals surface area contributed by atoms with E-state index >= 15 is 0 Å². The first-order valence-corrected chi connectivity index (χ1v) is 10.7. The van der Waals surface area contributed by atoms with Crippen molar-refractivity contribution in [1.82, 2.24) is 0 Å². The van der Waals surface area contributed by atoms with Gasteiger partial charge in [-0.2, -0.15) is 0 Å². The molecule has 0 amide bonds. The highest BCUT2D eigenvalue weighted by Crippen LogP contribution is 2.13. The predicted molar refractivity (Wildman–Crippen MR) is 94.5 cm³/mol. The van der Waals surface area contributed by atoms with Crippen molar-refractivity contribution in [2.45, 2.75) is 53.4 Å². The normalized spacial score (nSPS) is 12.0. The van der Waals surface area contributed by atoms with Crippen LogP contribution in [0, 0.1) is 0 Å². The van der Waals surface area contributed by atoms with E-state index in [-0.39, 0.29) is 27.2 Å². The number of hydrogen-bond acceptors (Lipinski definition) is 8. The molecule has 0 fully saturated rings. The van der Waals surface area contributed by atoms with Crippen LogP contribution >= 0.6 is 0 Å². The highest BCUT2D eigenvalue weighted by molar-refractivity contribution is 6.53. The fourth-order valence-corrected chi connectivity index (χ4v) is 2.93. The molecule has 9 heteroatoms. The summed E-state index contributed by atoms with van der Waals surface area (Å²) in [5, 5.41) is 0. The minimum atomic E-state index is -3.50. The lowest BCUT2D eigenvalue weighted by Gasteiger charge is -2.27. The molecule has 0 aromatic carbocycles. The second kappa shape index (κ2) is 18.7. The Hall–Kier alpha value is -0.103. The summed E-state index contributed by atoms with van der Waals surface area (Å²) >= 11 is 0. The maximum absolute atomic E-state index is 5.68. The third kappa shape index (κ3) is 14.7. The van der Waals surface area contributed by atoms with Gasteiger partial charge in [-0.25, -0.2) is 0 Å². The van der Waals surface area contributed by atoms with Crippen LogP contribution in [-0.2, 0) is 36.7 Å². The molecule has 8 nitrogen and oxygen atoms in total. The van der Waals surface area contributed by atoms with Crippen LogP contribution in [0.2, 0.25) is 0 Å². The molecule has 0 saturated heterocycles. The van der Waals surface area contributed by atoms with Crippen molar-refractivity contribution in [3.05, 3.63) is 0 Å². The van der Waals surface area contributed by atoms with Crippen molar-refractivity contribution in [2.24, 2.45) is 0 Å². The van der Waals surface area contributed by atoms with Crippen LogP contribution in [0.1, 0.15) is 53.4 Å². The zero-order valence-corrected chi connectivity index (χ0v) is 17.3. The SMILES string of the molecule is CCCOCO[Si](OCOCCC)(OCOCCC)OCOCCC. The lowest BCUT2D eigenvalue weighted by molar-refractivity contribution is -0.164. The lowest BCUT2D eigenvalue weighted by Crippen LogP contribution is -2.51. The van der Waals surface area contributed by atoms with Crippen LogP contribution in [0.3, 0.4) is 0 Å². The van der Waals surface area contributed by atoms with Gasteiger partial charge in [0, 0.05) is 26.4 Å². The molecule has 152 valence electrons. The van der Waals surface area contributed by atoms with Crippen molar-refractivity contribution in [3.63, 3.8) is 0 Å². The Morgan fingerprint density at radius 1 is 0.440 bits per heavy atom. The summed E-state index contributed by atoms with van der Waals surface area (Å²) in [4.78, 5) is 0. The van der Waals surface area contributed by atoms with Crippen molar-refractivity contribution < 1.29 is 36.7 Å². The monoisotopic (exact) mass is 384 g/mol. The maximum atomic E-state index is 5.68. The molecule has 0 spiro atoms. The Bertz CT molecular complexity index is 217. The van der Waals surface area contributed by atoms with E-state index in [0.717, 1.165) is 25.7 Å². The molecular weight excluding hydrogens is 348 g/mol. The van der Waals surface area contributed by atoms with E-state index in [1.54, 1.807) is 0 Å². The fraction of sp³-hybridized carbons (Fsp3) is 1.00. The standard InChI is InChI=1S/C16H36O8Si/c1-5-9-17-13-21-25(22-14-18-10-6-2,23-15-19-11-7-3)24-16-20-12-8-4/h5-16H2,1-4H3. The van der Waals surface area contributed by atoms with E-state index in [0.29, 0.717) is 26.4 Å². The molecule has 0 saturated carbocycles. The van der Waals surface area contributed by atoms with Crippen LogP contribution in [0.25, 0.3) is 0 Å². The molecule has 0 aliphatic rings. The van der Waals surface area contributed by atoms with E-state index in [9.17, 15) is 0 Å². The largest absolute Gasteiger partial charge is 0.686 e.